The summed E-state index contributed by atoms with van der Waals surface area (Å²) in [6, 6.07) is 0. The predicted octanol–water partition coefficient (Wildman–Crippen LogP) is 1.65. The largest absolute Gasteiger partial charge is 0.513 e. The Morgan fingerprint density at radius 2 is 1.71 bits per heavy atom. The zero-order valence-electron chi connectivity index (χ0n) is 9.67. The Morgan fingerprint density at radius 1 is 1.12 bits per heavy atom. The van der Waals surface area contributed by atoms with Gasteiger partial charge in [0.2, 0.25) is 0 Å². The summed E-state index contributed by atoms with van der Waals surface area (Å²) in [5, 5.41) is 0. The van der Waals surface area contributed by atoms with Crippen molar-refractivity contribution in [2.75, 3.05) is 13.2 Å². The van der Waals surface area contributed by atoms with Crippen LogP contribution in [0, 0.1) is 0 Å². The van der Waals surface area contributed by atoms with Crippen LogP contribution >= 0.6 is 0 Å². The van der Waals surface area contributed by atoms with Crippen LogP contribution in [-0.2, 0) is 18.9 Å². The van der Waals surface area contributed by atoms with Crippen molar-refractivity contribution >= 4 is 12.3 Å². The number of rotatable bonds is 5. The first-order chi connectivity index (χ1) is 8.13. The molecule has 0 spiro atoms. The molecule has 0 atom stereocenters. The Labute approximate surface area is 98.8 Å². The third kappa shape index (κ3) is 7.71. The van der Waals surface area contributed by atoms with Gasteiger partial charge < -0.3 is 24.7 Å². The second-order valence-corrected chi connectivity index (χ2v) is 2.46. The van der Waals surface area contributed by atoms with Crippen molar-refractivity contribution in [3.05, 3.63) is 24.3 Å². The summed E-state index contributed by atoms with van der Waals surface area (Å²) in [5.74, 6) is -0.0206. The van der Waals surface area contributed by atoms with Crippen LogP contribution in [0.2, 0.25) is 0 Å². The number of nitrogens with two attached hydrogens (primary N) is 1. The lowest BCUT2D eigenvalue weighted by molar-refractivity contribution is 0.0829. The molecule has 0 aliphatic heterocycles. The Morgan fingerprint density at radius 3 is 2.24 bits per heavy atom. The highest BCUT2D eigenvalue weighted by molar-refractivity contribution is 5.62. The summed E-state index contributed by atoms with van der Waals surface area (Å²) in [5.41, 5.74) is 5.17. The number of hydrogen-bond donors (Lipinski definition) is 1. The molecule has 0 saturated carbocycles. The van der Waals surface area contributed by atoms with Crippen molar-refractivity contribution in [1.82, 2.24) is 0 Å². The standard InChI is InChI=1S/C10H15NO6/c1-3-14-9(12)16-6-5-8(7-11)17-10(13)15-4-2/h5-7H,3-4,11H2,1-2H3. The molecule has 0 fully saturated rings. The number of carbonyl (C=O) groups is 2. The lowest BCUT2D eigenvalue weighted by Gasteiger charge is -2.03. The molecule has 0 bridgehead atoms. The van der Waals surface area contributed by atoms with Crippen LogP contribution in [0.5, 0.6) is 0 Å². The molecule has 0 unspecified atom stereocenters. The molecule has 0 aliphatic rings. The molecule has 0 aliphatic carbocycles. The maximum Gasteiger partial charge on any atom is 0.513 e. The second kappa shape index (κ2) is 9.08. The Balaban J connectivity index is 4.09. The minimum atomic E-state index is -0.898. The minimum absolute atomic E-state index is 0.0206. The van der Waals surface area contributed by atoms with Crippen molar-refractivity contribution in [1.29, 1.82) is 0 Å². The average Bonchev–Trinajstić information content (AvgIpc) is 2.28. The molecule has 96 valence electrons. The first-order valence-electron chi connectivity index (χ1n) is 4.90. The van der Waals surface area contributed by atoms with Gasteiger partial charge in [-0.1, -0.05) is 0 Å². The highest BCUT2D eigenvalue weighted by Crippen LogP contribution is 2.01. The van der Waals surface area contributed by atoms with E-state index < -0.39 is 12.3 Å². The van der Waals surface area contributed by atoms with Crippen LogP contribution in [0.25, 0.3) is 0 Å². The van der Waals surface area contributed by atoms with Gasteiger partial charge in [-0.15, -0.1) is 0 Å². The zero-order valence-corrected chi connectivity index (χ0v) is 9.67. The van der Waals surface area contributed by atoms with Gasteiger partial charge >= 0.3 is 12.3 Å². The van der Waals surface area contributed by atoms with Crippen LogP contribution in [-0.4, -0.2) is 25.5 Å². The highest BCUT2D eigenvalue weighted by Gasteiger charge is 2.05. The van der Waals surface area contributed by atoms with E-state index in [0.717, 1.165) is 12.5 Å². The van der Waals surface area contributed by atoms with E-state index in [1.54, 1.807) is 13.8 Å². The van der Waals surface area contributed by atoms with Crippen LogP contribution < -0.4 is 5.73 Å². The Kier molecular flexibility index (Phi) is 7.91. The Bertz CT molecular complexity index is 310. The molecule has 0 aromatic rings. The number of hydrogen-bond acceptors (Lipinski definition) is 7. The van der Waals surface area contributed by atoms with Crippen LogP contribution in [0.15, 0.2) is 24.3 Å². The molecule has 2 N–H and O–H groups in total. The molecule has 0 saturated heterocycles. The molecule has 7 nitrogen and oxygen atoms in total. The summed E-state index contributed by atoms with van der Waals surface area (Å²) in [6.45, 7) is 3.65. The van der Waals surface area contributed by atoms with E-state index in [2.05, 4.69) is 18.9 Å². The van der Waals surface area contributed by atoms with E-state index in [1.165, 1.54) is 6.08 Å². The van der Waals surface area contributed by atoms with Crippen LogP contribution in [0.3, 0.4) is 0 Å². The van der Waals surface area contributed by atoms with Gasteiger partial charge in [0.05, 0.1) is 13.2 Å². The van der Waals surface area contributed by atoms with Gasteiger partial charge in [0, 0.05) is 12.3 Å². The fourth-order valence-electron chi connectivity index (χ4n) is 0.676. The lowest BCUT2D eigenvalue weighted by atomic mass is 10.5. The Hall–Kier alpha value is -2.18. The van der Waals surface area contributed by atoms with Gasteiger partial charge in [0.25, 0.3) is 0 Å². The number of allylic oxidation sites excluding steroid dienone is 1. The van der Waals surface area contributed by atoms with E-state index in [4.69, 9.17) is 5.73 Å². The van der Waals surface area contributed by atoms with E-state index in [9.17, 15) is 9.59 Å². The number of carbonyl (C=O) groups excluding carboxylic acids is 2. The molecule has 0 rings (SSSR count). The quantitative estimate of drug-likeness (QED) is 0.446. The maximum atomic E-state index is 10.9. The van der Waals surface area contributed by atoms with Crippen LogP contribution in [0.1, 0.15) is 13.8 Å². The zero-order chi connectivity index (χ0) is 13.1. The maximum absolute atomic E-state index is 10.9. The molecule has 0 heterocycles. The highest BCUT2D eigenvalue weighted by atomic mass is 16.7. The summed E-state index contributed by atoms with van der Waals surface area (Å²) >= 11 is 0. The monoisotopic (exact) mass is 245 g/mol. The van der Waals surface area contributed by atoms with Crippen molar-refractivity contribution < 1.29 is 28.5 Å². The van der Waals surface area contributed by atoms with Gasteiger partial charge in [-0.2, -0.15) is 0 Å². The first-order valence-corrected chi connectivity index (χ1v) is 4.90. The average molecular weight is 245 g/mol. The normalized spacial score (nSPS) is 11.1. The summed E-state index contributed by atoms with van der Waals surface area (Å²) in [7, 11) is 0. The fraction of sp³-hybridized carbons (Fsp3) is 0.400. The van der Waals surface area contributed by atoms with Gasteiger partial charge in [-0.05, 0) is 13.8 Å². The topological polar surface area (TPSA) is 97.1 Å². The van der Waals surface area contributed by atoms with Crippen molar-refractivity contribution in [2.24, 2.45) is 5.73 Å². The fourth-order valence-corrected chi connectivity index (χ4v) is 0.676. The van der Waals surface area contributed by atoms with Gasteiger partial charge in [0.1, 0.15) is 6.26 Å². The van der Waals surface area contributed by atoms with Crippen molar-refractivity contribution in [3.8, 4) is 0 Å². The van der Waals surface area contributed by atoms with E-state index in [0.29, 0.717) is 0 Å². The molecule has 0 radical (unpaired) electrons. The van der Waals surface area contributed by atoms with E-state index >= 15 is 0 Å². The molecule has 7 heteroatoms. The summed E-state index contributed by atoms with van der Waals surface area (Å²) < 4.78 is 18.1. The molecule has 0 aromatic heterocycles. The molecular weight excluding hydrogens is 230 g/mol. The van der Waals surface area contributed by atoms with Crippen LogP contribution in [0.4, 0.5) is 9.59 Å². The number of ether oxygens (including phenoxy) is 4. The van der Waals surface area contributed by atoms with Crippen molar-refractivity contribution in [3.63, 3.8) is 0 Å². The van der Waals surface area contributed by atoms with Gasteiger partial charge in [-0.3, -0.25) is 0 Å². The lowest BCUT2D eigenvalue weighted by Crippen LogP contribution is -2.07. The van der Waals surface area contributed by atoms with Gasteiger partial charge in [0.15, 0.2) is 5.76 Å². The van der Waals surface area contributed by atoms with Gasteiger partial charge in [-0.25, -0.2) is 9.59 Å². The molecule has 0 amide bonds. The smallest absolute Gasteiger partial charge is 0.434 e. The predicted molar refractivity (Wildman–Crippen MR) is 57.6 cm³/mol. The summed E-state index contributed by atoms with van der Waals surface area (Å²) in [6.07, 6.45) is 1.41. The first kappa shape index (κ1) is 14.8. The van der Waals surface area contributed by atoms with Crippen molar-refractivity contribution in [2.45, 2.75) is 13.8 Å². The van der Waals surface area contributed by atoms with E-state index in [1.807, 2.05) is 0 Å². The third-order valence-corrected chi connectivity index (χ3v) is 1.29. The summed E-state index contributed by atoms with van der Waals surface area (Å²) in [4.78, 5) is 21.7. The molecular formula is C10H15NO6. The minimum Gasteiger partial charge on any atom is -0.434 e. The SMILES string of the molecule is CCOC(=O)OC=CC(=CN)OC(=O)OCC. The van der Waals surface area contributed by atoms with E-state index in [-0.39, 0.29) is 19.0 Å². The third-order valence-electron chi connectivity index (χ3n) is 1.29. The molecule has 0 aromatic carbocycles. The molecule has 17 heavy (non-hydrogen) atoms. The second-order valence-electron chi connectivity index (χ2n) is 2.46.